The van der Waals surface area contributed by atoms with Gasteiger partial charge in [-0.15, -0.1) is 0 Å². The summed E-state index contributed by atoms with van der Waals surface area (Å²) in [5.41, 5.74) is 1.09. The molecule has 3 atom stereocenters. The Kier molecular flexibility index (Phi) is 4.02. The summed E-state index contributed by atoms with van der Waals surface area (Å²) in [5, 5.41) is 0.601. The zero-order valence-electron chi connectivity index (χ0n) is 11.2. The van der Waals surface area contributed by atoms with Crippen molar-refractivity contribution in [2.24, 2.45) is 5.92 Å². The van der Waals surface area contributed by atoms with Crippen LogP contribution in [0.1, 0.15) is 50.5 Å². The Hall–Kier alpha value is 0.0600. The molecule has 0 saturated carbocycles. The van der Waals surface area contributed by atoms with Crippen LogP contribution in [0.3, 0.4) is 0 Å². The van der Waals surface area contributed by atoms with E-state index in [2.05, 4.69) is 41.4 Å². The van der Waals surface area contributed by atoms with Gasteiger partial charge in [0.2, 0.25) is 0 Å². The number of aromatic nitrogens is 2. The Morgan fingerprint density at radius 1 is 1.37 bits per heavy atom. The van der Waals surface area contributed by atoms with Crippen LogP contribution >= 0.6 is 34.2 Å². The molecule has 2 aliphatic heterocycles. The van der Waals surface area contributed by atoms with Crippen LogP contribution in [0.15, 0.2) is 0 Å². The molecule has 1 aromatic heterocycles. The molecule has 3 heterocycles. The van der Waals surface area contributed by atoms with Gasteiger partial charge in [-0.25, -0.2) is 9.97 Å². The van der Waals surface area contributed by atoms with Crippen LogP contribution in [0.25, 0.3) is 0 Å². The van der Waals surface area contributed by atoms with E-state index in [4.69, 9.17) is 21.3 Å². The monoisotopic (exact) mass is 392 g/mol. The fraction of sp³-hybridized carbons (Fsp3) is 0.714. The van der Waals surface area contributed by atoms with Crippen LogP contribution in [0.2, 0.25) is 5.15 Å². The largest absolute Gasteiger partial charge is 0.374 e. The number of rotatable bonds is 3. The van der Waals surface area contributed by atoms with Crippen molar-refractivity contribution < 1.29 is 4.74 Å². The minimum Gasteiger partial charge on any atom is -0.374 e. The summed E-state index contributed by atoms with van der Waals surface area (Å²) < 4.78 is 6.91. The fourth-order valence-corrected chi connectivity index (χ4v) is 3.74. The first-order chi connectivity index (χ1) is 9.04. The Morgan fingerprint density at radius 2 is 2.16 bits per heavy atom. The second kappa shape index (κ2) is 5.45. The first-order valence-corrected chi connectivity index (χ1v) is 8.37. The van der Waals surface area contributed by atoms with Gasteiger partial charge in [-0.3, -0.25) is 0 Å². The predicted octanol–water partition coefficient (Wildman–Crippen LogP) is 3.97. The molecule has 0 aromatic carbocycles. The summed E-state index contributed by atoms with van der Waals surface area (Å²) in [6.45, 7) is 4.40. The number of fused-ring (bicyclic) bond motifs is 2. The van der Waals surface area contributed by atoms with E-state index in [1.165, 1.54) is 6.42 Å². The fourth-order valence-electron chi connectivity index (χ4n) is 3.08. The van der Waals surface area contributed by atoms with Crippen molar-refractivity contribution in [2.75, 3.05) is 0 Å². The quantitative estimate of drug-likeness (QED) is 0.577. The second-order valence-electron chi connectivity index (χ2n) is 5.95. The standard InChI is InChI=1S/C14H18ClIN2O/c1-7(2)5-10-12(16)13(15)18-14(17-10)9-6-8-3-4-11(9)19-8/h7-9,11H,3-6H2,1-2H3. The molecule has 104 valence electrons. The Morgan fingerprint density at radius 3 is 2.74 bits per heavy atom. The van der Waals surface area contributed by atoms with E-state index in [0.717, 1.165) is 34.4 Å². The lowest BCUT2D eigenvalue weighted by atomic mass is 9.88. The van der Waals surface area contributed by atoms with Gasteiger partial charge in [0.15, 0.2) is 0 Å². The first kappa shape index (κ1) is 14.0. The van der Waals surface area contributed by atoms with E-state index < -0.39 is 0 Å². The smallest absolute Gasteiger partial charge is 0.146 e. The average molecular weight is 393 g/mol. The SMILES string of the molecule is CC(C)Cc1nc(C2CC3CCC2O3)nc(Cl)c1I. The van der Waals surface area contributed by atoms with Crippen LogP contribution in [-0.2, 0) is 11.2 Å². The number of hydrogen-bond acceptors (Lipinski definition) is 3. The van der Waals surface area contributed by atoms with Crippen molar-refractivity contribution in [3.63, 3.8) is 0 Å². The molecular weight excluding hydrogens is 375 g/mol. The summed E-state index contributed by atoms with van der Waals surface area (Å²) >= 11 is 8.54. The van der Waals surface area contributed by atoms with Crippen molar-refractivity contribution in [3.8, 4) is 0 Å². The average Bonchev–Trinajstić information content (AvgIpc) is 2.96. The van der Waals surface area contributed by atoms with Gasteiger partial charge in [0.1, 0.15) is 11.0 Å². The van der Waals surface area contributed by atoms with E-state index >= 15 is 0 Å². The summed E-state index contributed by atoms with van der Waals surface area (Å²) in [7, 11) is 0. The minimum atomic E-state index is 0.313. The highest BCUT2D eigenvalue weighted by Gasteiger charge is 2.43. The van der Waals surface area contributed by atoms with E-state index in [0.29, 0.717) is 29.2 Å². The summed E-state index contributed by atoms with van der Waals surface area (Å²) in [5.74, 6) is 1.82. The molecule has 3 rings (SSSR count). The van der Waals surface area contributed by atoms with Crippen molar-refractivity contribution in [3.05, 3.63) is 20.2 Å². The zero-order valence-corrected chi connectivity index (χ0v) is 14.1. The maximum atomic E-state index is 6.28. The highest BCUT2D eigenvalue weighted by molar-refractivity contribution is 14.1. The van der Waals surface area contributed by atoms with E-state index in [1.807, 2.05) is 0 Å². The molecule has 3 nitrogen and oxygen atoms in total. The van der Waals surface area contributed by atoms with Gasteiger partial charge in [-0.1, -0.05) is 25.4 Å². The first-order valence-electron chi connectivity index (χ1n) is 6.92. The van der Waals surface area contributed by atoms with Gasteiger partial charge in [0.25, 0.3) is 0 Å². The zero-order chi connectivity index (χ0) is 13.6. The van der Waals surface area contributed by atoms with E-state index in [-0.39, 0.29) is 0 Å². The molecule has 2 saturated heterocycles. The maximum absolute atomic E-state index is 6.28. The highest BCUT2D eigenvalue weighted by atomic mass is 127. The third-order valence-corrected chi connectivity index (χ3v) is 5.66. The predicted molar refractivity (Wildman–Crippen MR) is 83.6 cm³/mol. The van der Waals surface area contributed by atoms with Crippen LogP contribution in [0, 0.1) is 9.49 Å². The molecule has 5 heteroatoms. The van der Waals surface area contributed by atoms with E-state index in [9.17, 15) is 0 Å². The Labute approximate surface area is 132 Å². The van der Waals surface area contributed by atoms with Gasteiger partial charge in [-0.2, -0.15) is 0 Å². The molecule has 2 fully saturated rings. The van der Waals surface area contributed by atoms with Crippen molar-refractivity contribution in [1.82, 2.24) is 9.97 Å². The second-order valence-corrected chi connectivity index (χ2v) is 7.38. The van der Waals surface area contributed by atoms with Gasteiger partial charge in [-0.05, 0) is 54.2 Å². The molecule has 1 aromatic rings. The lowest BCUT2D eigenvalue weighted by Gasteiger charge is -2.19. The highest BCUT2D eigenvalue weighted by Crippen LogP contribution is 2.43. The molecule has 3 unspecified atom stereocenters. The van der Waals surface area contributed by atoms with Crippen molar-refractivity contribution >= 4 is 34.2 Å². The number of ether oxygens (including phenoxy) is 1. The molecule has 0 spiro atoms. The van der Waals surface area contributed by atoms with Crippen molar-refractivity contribution in [1.29, 1.82) is 0 Å². The third-order valence-electron chi connectivity index (χ3n) is 3.94. The molecule has 2 aliphatic rings. The summed E-state index contributed by atoms with van der Waals surface area (Å²) in [6, 6.07) is 0. The summed E-state index contributed by atoms with van der Waals surface area (Å²) in [6.07, 6.45) is 5.08. The lowest BCUT2D eigenvalue weighted by Crippen LogP contribution is -2.19. The Balaban J connectivity index is 1.91. The van der Waals surface area contributed by atoms with Gasteiger partial charge < -0.3 is 4.74 Å². The number of hydrogen-bond donors (Lipinski definition) is 0. The van der Waals surface area contributed by atoms with Gasteiger partial charge >= 0.3 is 0 Å². The lowest BCUT2D eigenvalue weighted by molar-refractivity contribution is 0.0998. The summed E-state index contributed by atoms with van der Waals surface area (Å²) in [4.78, 5) is 9.30. The van der Waals surface area contributed by atoms with Crippen LogP contribution < -0.4 is 0 Å². The van der Waals surface area contributed by atoms with E-state index in [1.54, 1.807) is 0 Å². The molecule has 0 radical (unpaired) electrons. The topological polar surface area (TPSA) is 35.0 Å². The van der Waals surface area contributed by atoms with Crippen LogP contribution in [0.5, 0.6) is 0 Å². The molecule has 19 heavy (non-hydrogen) atoms. The molecule has 0 N–H and O–H groups in total. The van der Waals surface area contributed by atoms with Crippen LogP contribution in [-0.4, -0.2) is 22.2 Å². The molecule has 0 amide bonds. The third kappa shape index (κ3) is 2.76. The number of nitrogens with zero attached hydrogens (tertiary/aromatic N) is 2. The van der Waals surface area contributed by atoms with Gasteiger partial charge in [0.05, 0.1) is 21.5 Å². The Bertz CT molecular complexity index is 495. The minimum absolute atomic E-state index is 0.313. The maximum Gasteiger partial charge on any atom is 0.146 e. The number of halogens is 2. The molecule has 2 bridgehead atoms. The van der Waals surface area contributed by atoms with Crippen molar-refractivity contribution in [2.45, 2.75) is 57.7 Å². The normalized spacial score (nSPS) is 29.4. The molecule has 0 aliphatic carbocycles. The van der Waals surface area contributed by atoms with Gasteiger partial charge in [0, 0.05) is 5.92 Å². The van der Waals surface area contributed by atoms with Crippen LogP contribution in [0.4, 0.5) is 0 Å². The molecular formula is C14H18ClIN2O.